The van der Waals surface area contributed by atoms with Crippen LogP contribution >= 0.6 is 0 Å². The minimum absolute atomic E-state index is 0. The van der Waals surface area contributed by atoms with Crippen LogP contribution in [0.15, 0.2) is 30.3 Å². The summed E-state index contributed by atoms with van der Waals surface area (Å²) in [7, 11) is 0. The largest absolute Gasteiger partial charge is 1.00 e. The predicted octanol–water partition coefficient (Wildman–Crippen LogP) is -2.14. The van der Waals surface area contributed by atoms with Crippen molar-refractivity contribution in [1.82, 2.24) is 0 Å². The van der Waals surface area contributed by atoms with Crippen LogP contribution in [0.2, 0.25) is 0 Å². The molecule has 0 amide bonds. The predicted molar refractivity (Wildman–Crippen MR) is 38.9 cm³/mol. The van der Waals surface area contributed by atoms with Crippen LogP contribution in [0.25, 0.3) is 0 Å². The van der Waals surface area contributed by atoms with Gasteiger partial charge in [-0.05, 0) is 12.1 Å². The summed E-state index contributed by atoms with van der Waals surface area (Å²) in [6, 6.07) is 9.78. The Balaban J connectivity index is 0.000001000. The van der Waals surface area contributed by atoms with Gasteiger partial charge in [-0.2, -0.15) is 0 Å². The van der Waals surface area contributed by atoms with Crippen LogP contribution in [0.1, 0.15) is 0 Å². The molecular formula is C8H11ClFN. The Hall–Kier alpha value is -0.600. The van der Waals surface area contributed by atoms with Crippen molar-refractivity contribution in [3.8, 4) is 0 Å². The summed E-state index contributed by atoms with van der Waals surface area (Å²) in [4.78, 5) is 0. The van der Waals surface area contributed by atoms with E-state index in [9.17, 15) is 4.39 Å². The van der Waals surface area contributed by atoms with Crippen molar-refractivity contribution in [1.29, 1.82) is 0 Å². The van der Waals surface area contributed by atoms with Crippen LogP contribution in [0, 0.1) is 0 Å². The lowest BCUT2D eigenvalue weighted by Crippen LogP contribution is -3.00. The Morgan fingerprint density at radius 1 is 1.18 bits per heavy atom. The van der Waals surface area contributed by atoms with Crippen LogP contribution in [0.3, 0.4) is 0 Å². The lowest BCUT2D eigenvalue weighted by atomic mass is 10.3. The highest BCUT2D eigenvalue weighted by Crippen LogP contribution is 1.95. The lowest BCUT2D eigenvalue weighted by molar-refractivity contribution is -0.571. The zero-order chi connectivity index (χ0) is 7.23. The van der Waals surface area contributed by atoms with Gasteiger partial charge in [-0.15, -0.1) is 0 Å². The molecule has 0 saturated heterocycles. The average Bonchev–Trinajstić information content (AvgIpc) is 2.03. The average molecular weight is 176 g/mol. The summed E-state index contributed by atoms with van der Waals surface area (Å²) < 4.78 is 11.6. The molecule has 0 bridgehead atoms. The van der Waals surface area contributed by atoms with Crippen LogP contribution in [-0.2, 0) is 0 Å². The first-order valence-corrected chi connectivity index (χ1v) is 3.37. The van der Waals surface area contributed by atoms with Crippen LogP contribution in [0.4, 0.5) is 10.1 Å². The van der Waals surface area contributed by atoms with Crippen LogP contribution < -0.4 is 17.7 Å². The summed E-state index contributed by atoms with van der Waals surface area (Å²) in [6.45, 7) is 0.249. The van der Waals surface area contributed by atoms with Gasteiger partial charge >= 0.3 is 0 Å². The van der Waals surface area contributed by atoms with E-state index >= 15 is 0 Å². The molecule has 3 heteroatoms. The third-order valence-corrected chi connectivity index (χ3v) is 1.29. The molecule has 0 saturated carbocycles. The maximum Gasteiger partial charge on any atom is 0.139 e. The Labute approximate surface area is 72.0 Å². The molecule has 0 atom stereocenters. The maximum atomic E-state index is 11.6. The number of alkyl halides is 1. The Kier molecular flexibility index (Phi) is 5.80. The molecule has 11 heavy (non-hydrogen) atoms. The fourth-order valence-corrected chi connectivity index (χ4v) is 0.810. The van der Waals surface area contributed by atoms with E-state index in [1.54, 1.807) is 0 Å². The van der Waals surface area contributed by atoms with Gasteiger partial charge in [0.05, 0.1) is 0 Å². The van der Waals surface area contributed by atoms with Crippen LogP contribution in [0.5, 0.6) is 0 Å². The summed E-state index contributed by atoms with van der Waals surface area (Å²) in [5.41, 5.74) is 1.10. The van der Waals surface area contributed by atoms with Crippen molar-refractivity contribution in [3.63, 3.8) is 0 Å². The molecule has 0 aliphatic carbocycles. The molecule has 1 rings (SSSR count). The fraction of sp³-hybridized carbons (Fsp3) is 0.250. The number of nitrogens with two attached hydrogens (primary N) is 1. The van der Waals surface area contributed by atoms with Gasteiger partial charge in [-0.25, -0.2) is 4.39 Å². The van der Waals surface area contributed by atoms with Crippen molar-refractivity contribution in [2.45, 2.75) is 0 Å². The Morgan fingerprint density at radius 3 is 2.36 bits per heavy atom. The van der Waals surface area contributed by atoms with Gasteiger partial charge < -0.3 is 17.7 Å². The molecule has 1 aromatic carbocycles. The van der Waals surface area contributed by atoms with Crippen molar-refractivity contribution >= 4 is 5.69 Å². The van der Waals surface area contributed by atoms with Crippen molar-refractivity contribution in [2.24, 2.45) is 0 Å². The lowest BCUT2D eigenvalue weighted by Gasteiger charge is -1.94. The first-order chi connectivity index (χ1) is 4.93. The highest BCUT2D eigenvalue weighted by molar-refractivity contribution is 5.26. The molecule has 0 fully saturated rings. The number of halogens is 2. The minimum Gasteiger partial charge on any atom is -1.00 e. The summed E-state index contributed by atoms with van der Waals surface area (Å²) in [6.07, 6.45) is 0. The number of quaternary nitrogens is 1. The van der Waals surface area contributed by atoms with Gasteiger partial charge in [0.25, 0.3) is 0 Å². The highest BCUT2D eigenvalue weighted by atomic mass is 35.5. The van der Waals surface area contributed by atoms with Crippen molar-refractivity contribution in [2.75, 3.05) is 13.2 Å². The van der Waals surface area contributed by atoms with E-state index < -0.39 is 0 Å². The number of rotatable bonds is 3. The molecule has 0 heterocycles. The van der Waals surface area contributed by atoms with E-state index in [0.717, 1.165) is 5.69 Å². The van der Waals surface area contributed by atoms with Gasteiger partial charge in [0.2, 0.25) is 0 Å². The molecule has 0 aromatic heterocycles. The molecule has 0 unspecified atom stereocenters. The molecule has 1 nitrogen and oxygen atoms in total. The first-order valence-electron chi connectivity index (χ1n) is 3.37. The van der Waals surface area contributed by atoms with Gasteiger partial charge in [-0.3, -0.25) is 0 Å². The van der Waals surface area contributed by atoms with E-state index in [1.165, 1.54) is 0 Å². The molecule has 0 radical (unpaired) electrons. The maximum absolute atomic E-state index is 11.6. The number of benzene rings is 1. The van der Waals surface area contributed by atoms with E-state index in [1.807, 2.05) is 35.6 Å². The molecule has 62 valence electrons. The van der Waals surface area contributed by atoms with E-state index in [2.05, 4.69) is 0 Å². The molecule has 0 aliphatic rings. The second-order valence-electron chi connectivity index (χ2n) is 2.09. The SMILES string of the molecule is FCC[NH2+]c1ccccc1.[Cl-]. The Morgan fingerprint density at radius 2 is 1.82 bits per heavy atom. The first kappa shape index (κ1) is 10.4. The van der Waals surface area contributed by atoms with Gasteiger partial charge in [0, 0.05) is 0 Å². The second-order valence-corrected chi connectivity index (χ2v) is 2.09. The highest BCUT2D eigenvalue weighted by Gasteiger charge is 1.91. The number of hydrogen-bond acceptors (Lipinski definition) is 0. The van der Waals surface area contributed by atoms with E-state index in [4.69, 9.17) is 0 Å². The van der Waals surface area contributed by atoms with Gasteiger partial charge in [-0.1, -0.05) is 18.2 Å². The van der Waals surface area contributed by atoms with E-state index in [0.29, 0.717) is 6.54 Å². The zero-order valence-corrected chi connectivity index (χ0v) is 6.89. The number of hydrogen-bond donors (Lipinski definition) is 1. The monoisotopic (exact) mass is 175 g/mol. The topological polar surface area (TPSA) is 16.6 Å². The molecule has 1 aromatic rings. The molecule has 0 aliphatic heterocycles. The molecule has 0 spiro atoms. The second kappa shape index (κ2) is 6.13. The zero-order valence-electron chi connectivity index (χ0n) is 6.13. The smallest absolute Gasteiger partial charge is 0.139 e. The third kappa shape index (κ3) is 3.96. The van der Waals surface area contributed by atoms with Gasteiger partial charge in [0.1, 0.15) is 18.9 Å². The van der Waals surface area contributed by atoms with Gasteiger partial charge in [0.15, 0.2) is 0 Å². The minimum atomic E-state index is -0.269. The Bertz CT molecular complexity index is 179. The third-order valence-electron chi connectivity index (χ3n) is 1.29. The van der Waals surface area contributed by atoms with Crippen molar-refractivity contribution in [3.05, 3.63) is 30.3 Å². The van der Waals surface area contributed by atoms with Crippen LogP contribution in [-0.4, -0.2) is 13.2 Å². The summed E-state index contributed by atoms with van der Waals surface area (Å²) in [5.74, 6) is 0. The normalized spacial score (nSPS) is 8.82. The number of para-hydroxylation sites is 1. The van der Waals surface area contributed by atoms with Crippen molar-refractivity contribution < 1.29 is 22.1 Å². The fourth-order valence-electron chi connectivity index (χ4n) is 0.810. The van der Waals surface area contributed by atoms with E-state index in [-0.39, 0.29) is 19.1 Å². The summed E-state index contributed by atoms with van der Waals surface area (Å²) >= 11 is 0. The molecular weight excluding hydrogens is 165 g/mol. The molecule has 2 N–H and O–H groups in total. The summed E-state index contributed by atoms with van der Waals surface area (Å²) in [5, 5.41) is 1.89. The quantitative estimate of drug-likeness (QED) is 0.505. The standard InChI is InChI=1S/C8H10FN.ClH/c9-6-7-10-8-4-2-1-3-5-8;/h1-5,10H,6-7H2;1H.